The highest BCUT2D eigenvalue weighted by molar-refractivity contribution is 5.45. The van der Waals surface area contributed by atoms with E-state index >= 15 is 0 Å². The van der Waals surface area contributed by atoms with Crippen molar-refractivity contribution >= 4 is 5.69 Å². The van der Waals surface area contributed by atoms with Gasteiger partial charge in [0.25, 0.3) is 0 Å². The highest BCUT2D eigenvalue weighted by atomic mass is 19.2. The van der Waals surface area contributed by atoms with Crippen molar-refractivity contribution in [3.63, 3.8) is 0 Å². The highest BCUT2D eigenvalue weighted by Gasteiger charge is 2.12. The van der Waals surface area contributed by atoms with E-state index in [9.17, 15) is 13.2 Å². The average molecular weight is 189 g/mol. The number of hydrogen-bond acceptors (Lipinski definition) is 1. The van der Waals surface area contributed by atoms with E-state index in [1.807, 2.05) is 6.92 Å². The van der Waals surface area contributed by atoms with Gasteiger partial charge < -0.3 is 5.32 Å². The quantitative estimate of drug-likeness (QED) is 0.721. The van der Waals surface area contributed by atoms with Gasteiger partial charge in [0, 0.05) is 6.54 Å². The van der Waals surface area contributed by atoms with Gasteiger partial charge in [-0.25, -0.2) is 13.2 Å². The summed E-state index contributed by atoms with van der Waals surface area (Å²) in [7, 11) is 0. The summed E-state index contributed by atoms with van der Waals surface area (Å²) in [6.45, 7) is 2.42. The monoisotopic (exact) mass is 189 g/mol. The second-order valence-corrected chi connectivity index (χ2v) is 2.65. The van der Waals surface area contributed by atoms with Gasteiger partial charge in [0.15, 0.2) is 17.5 Å². The predicted octanol–water partition coefficient (Wildman–Crippen LogP) is 2.93. The molecule has 0 aliphatic heterocycles. The van der Waals surface area contributed by atoms with E-state index in [2.05, 4.69) is 5.32 Å². The van der Waals surface area contributed by atoms with E-state index in [0.29, 0.717) is 6.54 Å². The molecule has 0 aromatic heterocycles. The van der Waals surface area contributed by atoms with Crippen LogP contribution in [0.25, 0.3) is 0 Å². The molecule has 72 valence electrons. The number of anilines is 1. The third-order valence-electron chi connectivity index (χ3n) is 1.60. The van der Waals surface area contributed by atoms with Crippen LogP contribution in [0.15, 0.2) is 12.1 Å². The third kappa shape index (κ3) is 2.14. The zero-order valence-electron chi connectivity index (χ0n) is 7.20. The van der Waals surface area contributed by atoms with Crippen LogP contribution in [0.2, 0.25) is 0 Å². The molecule has 13 heavy (non-hydrogen) atoms. The summed E-state index contributed by atoms with van der Waals surface area (Å²) in [6, 6.07) is 2.08. The minimum absolute atomic E-state index is 0.000694. The minimum atomic E-state index is -1.43. The molecule has 0 heterocycles. The van der Waals surface area contributed by atoms with Crippen LogP contribution in [0, 0.1) is 17.5 Å². The molecule has 0 unspecified atom stereocenters. The number of benzene rings is 1. The first-order valence-corrected chi connectivity index (χ1v) is 4.04. The summed E-state index contributed by atoms with van der Waals surface area (Å²) in [5, 5.41) is 2.65. The number of halogens is 3. The largest absolute Gasteiger partial charge is 0.383 e. The van der Waals surface area contributed by atoms with Gasteiger partial charge in [-0.3, -0.25) is 0 Å². The molecule has 0 aliphatic carbocycles. The first kappa shape index (κ1) is 9.89. The van der Waals surface area contributed by atoms with Crippen molar-refractivity contribution in [3.05, 3.63) is 29.6 Å². The van der Waals surface area contributed by atoms with Crippen molar-refractivity contribution < 1.29 is 13.2 Å². The van der Waals surface area contributed by atoms with Gasteiger partial charge in [-0.05, 0) is 18.6 Å². The Morgan fingerprint density at radius 2 is 1.85 bits per heavy atom. The number of rotatable bonds is 3. The standard InChI is InChI=1S/C9H10F3N/c1-2-5-13-7-4-3-6(10)8(11)9(7)12/h3-4,13H,2,5H2,1H3. The Labute approximate surface area is 74.6 Å². The molecule has 0 saturated heterocycles. The summed E-state index contributed by atoms with van der Waals surface area (Å²) < 4.78 is 38.0. The minimum Gasteiger partial charge on any atom is -0.383 e. The fourth-order valence-electron chi connectivity index (χ4n) is 0.922. The van der Waals surface area contributed by atoms with Gasteiger partial charge in [0.1, 0.15) is 0 Å². The molecule has 0 radical (unpaired) electrons. The Balaban J connectivity index is 2.90. The topological polar surface area (TPSA) is 12.0 Å². The van der Waals surface area contributed by atoms with Gasteiger partial charge in [-0.1, -0.05) is 6.92 Å². The molecular formula is C9H10F3N. The van der Waals surface area contributed by atoms with E-state index in [1.54, 1.807) is 0 Å². The molecule has 0 bridgehead atoms. The van der Waals surface area contributed by atoms with Gasteiger partial charge in [0.2, 0.25) is 0 Å². The maximum atomic E-state index is 12.9. The normalized spacial score (nSPS) is 10.2. The Morgan fingerprint density at radius 1 is 1.15 bits per heavy atom. The van der Waals surface area contributed by atoms with Crippen molar-refractivity contribution in [3.8, 4) is 0 Å². The average Bonchev–Trinajstić information content (AvgIpc) is 2.13. The van der Waals surface area contributed by atoms with Crippen LogP contribution in [0.4, 0.5) is 18.9 Å². The SMILES string of the molecule is CCCNc1ccc(F)c(F)c1F. The fraction of sp³-hybridized carbons (Fsp3) is 0.333. The fourth-order valence-corrected chi connectivity index (χ4v) is 0.922. The zero-order chi connectivity index (χ0) is 9.84. The Bertz CT molecular complexity index is 299. The van der Waals surface area contributed by atoms with E-state index < -0.39 is 17.5 Å². The molecule has 1 aromatic carbocycles. The highest BCUT2D eigenvalue weighted by Crippen LogP contribution is 2.19. The Hall–Kier alpha value is -1.19. The molecule has 4 heteroatoms. The van der Waals surface area contributed by atoms with Crippen LogP contribution in [-0.2, 0) is 0 Å². The van der Waals surface area contributed by atoms with Crippen molar-refractivity contribution in [2.75, 3.05) is 11.9 Å². The van der Waals surface area contributed by atoms with Gasteiger partial charge in [-0.2, -0.15) is 0 Å². The molecule has 1 aromatic rings. The summed E-state index contributed by atoms with van der Waals surface area (Å²) >= 11 is 0. The van der Waals surface area contributed by atoms with Crippen LogP contribution in [0.1, 0.15) is 13.3 Å². The molecule has 0 spiro atoms. The molecule has 0 fully saturated rings. The summed E-state index contributed by atoms with van der Waals surface area (Å²) in [4.78, 5) is 0. The van der Waals surface area contributed by atoms with E-state index in [0.717, 1.165) is 12.5 Å². The number of nitrogens with one attached hydrogen (secondary N) is 1. The van der Waals surface area contributed by atoms with Gasteiger partial charge in [0.05, 0.1) is 5.69 Å². The van der Waals surface area contributed by atoms with Crippen LogP contribution < -0.4 is 5.32 Å². The lowest BCUT2D eigenvalue weighted by Crippen LogP contribution is -2.04. The van der Waals surface area contributed by atoms with Gasteiger partial charge in [-0.15, -0.1) is 0 Å². The second-order valence-electron chi connectivity index (χ2n) is 2.65. The lowest BCUT2D eigenvalue weighted by atomic mass is 10.2. The van der Waals surface area contributed by atoms with Crippen molar-refractivity contribution in [1.82, 2.24) is 0 Å². The van der Waals surface area contributed by atoms with Crippen molar-refractivity contribution in [2.45, 2.75) is 13.3 Å². The molecule has 1 N–H and O–H groups in total. The van der Waals surface area contributed by atoms with Crippen LogP contribution in [-0.4, -0.2) is 6.54 Å². The molecule has 0 atom stereocenters. The van der Waals surface area contributed by atoms with Crippen molar-refractivity contribution in [2.24, 2.45) is 0 Å². The van der Waals surface area contributed by atoms with Crippen LogP contribution in [0.5, 0.6) is 0 Å². The predicted molar refractivity (Wildman–Crippen MR) is 45.1 cm³/mol. The van der Waals surface area contributed by atoms with E-state index in [4.69, 9.17) is 0 Å². The molecule has 0 saturated carbocycles. The van der Waals surface area contributed by atoms with Crippen LogP contribution in [0.3, 0.4) is 0 Å². The third-order valence-corrected chi connectivity index (χ3v) is 1.60. The molecule has 1 nitrogen and oxygen atoms in total. The first-order valence-electron chi connectivity index (χ1n) is 4.04. The van der Waals surface area contributed by atoms with E-state index in [-0.39, 0.29) is 5.69 Å². The lowest BCUT2D eigenvalue weighted by molar-refractivity contribution is 0.449. The molecule has 0 amide bonds. The molecular weight excluding hydrogens is 179 g/mol. The summed E-state index contributed by atoms with van der Waals surface area (Å²) in [6.07, 6.45) is 0.790. The summed E-state index contributed by atoms with van der Waals surface area (Å²) in [5.74, 6) is -3.76. The molecule has 1 rings (SSSR count). The first-order chi connectivity index (χ1) is 6.16. The van der Waals surface area contributed by atoms with E-state index in [1.165, 1.54) is 6.07 Å². The Morgan fingerprint density at radius 3 is 2.46 bits per heavy atom. The zero-order valence-corrected chi connectivity index (χ0v) is 7.20. The smallest absolute Gasteiger partial charge is 0.196 e. The second kappa shape index (κ2) is 4.16. The van der Waals surface area contributed by atoms with Crippen LogP contribution >= 0.6 is 0 Å². The summed E-state index contributed by atoms with van der Waals surface area (Å²) in [5.41, 5.74) is 0.000694. The van der Waals surface area contributed by atoms with Crippen molar-refractivity contribution in [1.29, 1.82) is 0 Å². The van der Waals surface area contributed by atoms with Gasteiger partial charge >= 0.3 is 0 Å². The maximum absolute atomic E-state index is 12.9. The maximum Gasteiger partial charge on any atom is 0.196 e. The number of hydrogen-bond donors (Lipinski definition) is 1. The lowest BCUT2D eigenvalue weighted by Gasteiger charge is -2.06. The molecule has 0 aliphatic rings. The Kier molecular flexibility index (Phi) is 3.17.